The lowest BCUT2D eigenvalue weighted by Gasteiger charge is -2.20. The Kier molecular flexibility index (Phi) is 4.86. The Hall–Kier alpha value is -1.88. The molecule has 118 valence electrons. The van der Waals surface area contributed by atoms with Gasteiger partial charge in [-0.25, -0.2) is 4.98 Å². The molecule has 1 aromatic heterocycles. The highest BCUT2D eigenvalue weighted by Gasteiger charge is 2.18. The van der Waals surface area contributed by atoms with Crippen LogP contribution in [0.1, 0.15) is 17.1 Å². The van der Waals surface area contributed by atoms with E-state index in [2.05, 4.69) is 48.7 Å². The van der Waals surface area contributed by atoms with Crippen LogP contribution in [0.4, 0.5) is 5.69 Å². The van der Waals surface area contributed by atoms with E-state index < -0.39 is 8.32 Å². The van der Waals surface area contributed by atoms with Gasteiger partial charge in [-0.3, -0.25) is 4.99 Å². The van der Waals surface area contributed by atoms with E-state index in [1.165, 1.54) is 5.56 Å². The molecule has 0 N–H and O–H groups in total. The molecule has 0 amide bonds. The van der Waals surface area contributed by atoms with Crippen LogP contribution < -0.4 is 4.43 Å². The van der Waals surface area contributed by atoms with E-state index in [0.29, 0.717) is 6.42 Å². The summed E-state index contributed by atoms with van der Waals surface area (Å²) in [6, 6.07) is 6.15. The summed E-state index contributed by atoms with van der Waals surface area (Å²) in [5, 5.41) is 0. The number of hydrogen-bond acceptors (Lipinski definition) is 3. The van der Waals surface area contributed by atoms with E-state index in [9.17, 15) is 0 Å². The predicted octanol–water partition coefficient (Wildman–Crippen LogP) is 4.20. The Labute approximate surface area is 134 Å². The lowest BCUT2D eigenvalue weighted by Crippen LogP contribution is -2.29. The molecule has 0 unspecified atom stereocenters. The topological polar surface area (TPSA) is 39.4 Å². The maximum absolute atomic E-state index is 6.15. The minimum Gasteiger partial charge on any atom is -0.543 e. The molecule has 0 bridgehead atoms. The number of nitrogens with zero attached hydrogens (tertiary/aromatic N) is 3. The van der Waals surface area contributed by atoms with Crippen molar-refractivity contribution in [1.82, 2.24) is 9.55 Å². The predicted molar refractivity (Wildman–Crippen MR) is 95.0 cm³/mol. The van der Waals surface area contributed by atoms with Gasteiger partial charge in [-0.1, -0.05) is 6.07 Å². The fourth-order valence-electron chi connectivity index (χ4n) is 2.22. The van der Waals surface area contributed by atoms with Gasteiger partial charge in [0.05, 0.1) is 5.69 Å². The van der Waals surface area contributed by atoms with Gasteiger partial charge in [0, 0.05) is 25.9 Å². The van der Waals surface area contributed by atoms with Crippen LogP contribution in [0, 0.1) is 13.8 Å². The zero-order valence-electron chi connectivity index (χ0n) is 14.3. The SMILES string of the molecule is Cc1ccc(N=CCc2nc(C)cn2C)c(O[Si](C)(C)C)c1. The Morgan fingerprint density at radius 2 is 2.00 bits per heavy atom. The number of aryl methyl sites for hydroxylation is 3. The Morgan fingerprint density at radius 3 is 2.59 bits per heavy atom. The second-order valence-corrected chi connectivity index (χ2v) is 11.0. The zero-order valence-corrected chi connectivity index (χ0v) is 15.3. The summed E-state index contributed by atoms with van der Waals surface area (Å²) in [7, 11) is 0.357. The van der Waals surface area contributed by atoms with Crippen molar-refractivity contribution in [2.24, 2.45) is 12.0 Å². The maximum atomic E-state index is 6.15. The van der Waals surface area contributed by atoms with Crippen LogP contribution >= 0.6 is 0 Å². The average molecular weight is 315 g/mol. The van der Waals surface area contributed by atoms with Gasteiger partial charge in [0.25, 0.3) is 0 Å². The van der Waals surface area contributed by atoms with Crippen LogP contribution in [0.25, 0.3) is 0 Å². The number of aromatic nitrogens is 2. The molecule has 0 saturated carbocycles. The molecule has 0 aliphatic heterocycles. The second-order valence-electron chi connectivity index (χ2n) is 6.61. The summed E-state index contributed by atoms with van der Waals surface area (Å²) >= 11 is 0. The van der Waals surface area contributed by atoms with Crippen molar-refractivity contribution < 1.29 is 4.43 Å². The van der Waals surface area contributed by atoms with Crippen molar-refractivity contribution in [3.8, 4) is 5.75 Å². The van der Waals surface area contributed by atoms with Crippen LogP contribution in [0.5, 0.6) is 5.75 Å². The number of imidazole rings is 1. The monoisotopic (exact) mass is 315 g/mol. The molecule has 0 saturated heterocycles. The Bertz CT molecular complexity index is 684. The number of benzene rings is 1. The van der Waals surface area contributed by atoms with Crippen LogP contribution in [-0.2, 0) is 13.5 Å². The third-order valence-corrected chi connectivity index (χ3v) is 3.96. The van der Waals surface area contributed by atoms with Gasteiger partial charge in [-0.2, -0.15) is 0 Å². The molecule has 0 aliphatic carbocycles. The fraction of sp³-hybridized carbons (Fsp3) is 0.412. The van der Waals surface area contributed by atoms with E-state index in [4.69, 9.17) is 4.43 Å². The Morgan fingerprint density at radius 1 is 1.27 bits per heavy atom. The summed E-state index contributed by atoms with van der Waals surface area (Å²) in [6.45, 7) is 10.6. The molecule has 22 heavy (non-hydrogen) atoms. The lowest BCUT2D eigenvalue weighted by atomic mass is 10.2. The largest absolute Gasteiger partial charge is 0.543 e. The first-order valence-corrected chi connectivity index (χ1v) is 11.0. The summed E-state index contributed by atoms with van der Waals surface area (Å²) < 4.78 is 8.19. The molecule has 0 atom stereocenters. The molecule has 5 heteroatoms. The molecule has 0 fully saturated rings. The van der Waals surface area contributed by atoms with Gasteiger partial charge in [0.2, 0.25) is 8.32 Å². The van der Waals surface area contributed by atoms with Crippen molar-refractivity contribution in [3.63, 3.8) is 0 Å². The standard InChI is InChI=1S/C17H25N3OSi/c1-13-7-8-15(16(11-13)21-22(4,5)6)18-10-9-17-19-14(2)12-20(17)3/h7-8,10-12H,9H2,1-6H3. The Balaban J connectivity index is 2.18. The van der Waals surface area contributed by atoms with E-state index in [-0.39, 0.29) is 0 Å². The molecule has 0 spiro atoms. The van der Waals surface area contributed by atoms with Gasteiger partial charge in [0.1, 0.15) is 17.3 Å². The zero-order chi connectivity index (χ0) is 16.3. The van der Waals surface area contributed by atoms with E-state index in [0.717, 1.165) is 23.0 Å². The van der Waals surface area contributed by atoms with Gasteiger partial charge >= 0.3 is 0 Å². The molecule has 1 aromatic carbocycles. The highest BCUT2D eigenvalue weighted by Crippen LogP contribution is 2.30. The quantitative estimate of drug-likeness (QED) is 0.613. The number of aliphatic imine (C=N–C) groups is 1. The van der Waals surface area contributed by atoms with Crippen molar-refractivity contribution in [2.75, 3.05) is 0 Å². The first-order chi connectivity index (χ1) is 10.2. The summed E-state index contributed by atoms with van der Waals surface area (Å²) in [5.74, 6) is 1.90. The van der Waals surface area contributed by atoms with Crippen LogP contribution in [0.3, 0.4) is 0 Å². The maximum Gasteiger partial charge on any atom is 0.242 e. The van der Waals surface area contributed by atoms with E-state index in [1.54, 1.807) is 0 Å². The van der Waals surface area contributed by atoms with Gasteiger partial charge in [0.15, 0.2) is 0 Å². The molecule has 2 rings (SSSR count). The van der Waals surface area contributed by atoms with E-state index in [1.807, 2.05) is 37.0 Å². The van der Waals surface area contributed by atoms with E-state index >= 15 is 0 Å². The van der Waals surface area contributed by atoms with Crippen LogP contribution in [0.2, 0.25) is 19.6 Å². The highest BCUT2D eigenvalue weighted by molar-refractivity contribution is 6.70. The normalized spacial score (nSPS) is 12.1. The average Bonchev–Trinajstić information content (AvgIpc) is 2.69. The third-order valence-electron chi connectivity index (χ3n) is 3.13. The smallest absolute Gasteiger partial charge is 0.242 e. The van der Waals surface area contributed by atoms with Gasteiger partial charge in [-0.15, -0.1) is 0 Å². The van der Waals surface area contributed by atoms with Gasteiger partial charge in [-0.05, 0) is 51.2 Å². The molecule has 2 aromatic rings. The first kappa shape index (κ1) is 16.5. The summed E-state index contributed by atoms with van der Waals surface area (Å²) in [4.78, 5) is 9.08. The third kappa shape index (κ3) is 4.56. The van der Waals surface area contributed by atoms with Crippen LogP contribution in [-0.4, -0.2) is 24.1 Å². The molecule has 4 nitrogen and oxygen atoms in total. The second kappa shape index (κ2) is 6.48. The first-order valence-electron chi connectivity index (χ1n) is 7.55. The van der Waals surface area contributed by atoms with Crippen molar-refractivity contribution >= 4 is 20.2 Å². The van der Waals surface area contributed by atoms with Gasteiger partial charge < -0.3 is 8.99 Å². The molecule has 0 radical (unpaired) electrons. The van der Waals surface area contributed by atoms with Crippen molar-refractivity contribution in [2.45, 2.75) is 39.9 Å². The molecule has 1 heterocycles. The molecular weight excluding hydrogens is 290 g/mol. The fourth-order valence-corrected chi connectivity index (χ4v) is 3.04. The minimum absolute atomic E-state index is 0.713. The lowest BCUT2D eigenvalue weighted by molar-refractivity contribution is 0.558. The molecule has 0 aliphatic rings. The van der Waals surface area contributed by atoms with Crippen LogP contribution in [0.15, 0.2) is 29.4 Å². The number of hydrogen-bond donors (Lipinski definition) is 0. The molecular formula is C17H25N3OSi. The minimum atomic E-state index is -1.65. The van der Waals surface area contributed by atoms with Crippen molar-refractivity contribution in [1.29, 1.82) is 0 Å². The number of rotatable bonds is 5. The summed E-state index contributed by atoms with van der Waals surface area (Å²) in [5.41, 5.74) is 3.11. The summed E-state index contributed by atoms with van der Waals surface area (Å²) in [6.07, 6.45) is 4.64. The highest BCUT2D eigenvalue weighted by atomic mass is 28.4. The van der Waals surface area contributed by atoms with Crippen molar-refractivity contribution in [3.05, 3.63) is 41.5 Å².